The minimum Gasteiger partial charge on any atom is -0.465 e. The topological polar surface area (TPSA) is 51.2 Å². The average Bonchev–Trinajstić information content (AvgIpc) is 2.90. The van der Waals surface area contributed by atoms with Gasteiger partial charge in [-0.3, -0.25) is 0 Å². The predicted molar refractivity (Wildman–Crippen MR) is 79.3 cm³/mol. The van der Waals surface area contributed by atoms with E-state index in [1.165, 1.54) is 33.8 Å². The maximum Gasteiger partial charge on any atom is 0.350 e. The summed E-state index contributed by atoms with van der Waals surface area (Å²) in [5.41, 5.74) is 2.02. The molecule has 0 radical (unpaired) electrons. The number of anilines is 1. The quantitative estimate of drug-likeness (QED) is 0.877. The molecule has 0 aliphatic heterocycles. The second-order valence-corrected chi connectivity index (χ2v) is 6.57. The Kier molecular flexibility index (Phi) is 4.21. The van der Waals surface area contributed by atoms with Crippen molar-refractivity contribution in [2.75, 3.05) is 12.4 Å². The van der Waals surface area contributed by atoms with Gasteiger partial charge >= 0.3 is 5.97 Å². The number of hydrogen-bond donors (Lipinski definition) is 1. The van der Waals surface area contributed by atoms with E-state index >= 15 is 0 Å². The number of nitrogens with zero attached hydrogens (tertiary/aromatic N) is 1. The van der Waals surface area contributed by atoms with Crippen LogP contribution in [0.15, 0.2) is 6.07 Å². The van der Waals surface area contributed by atoms with Crippen LogP contribution in [-0.4, -0.2) is 18.1 Å². The lowest BCUT2D eigenvalue weighted by Gasteiger charge is -1.98. The number of methoxy groups -OCH3 is 1. The van der Waals surface area contributed by atoms with E-state index in [0.717, 1.165) is 11.7 Å². The molecular formula is C13H16N2O2S2. The summed E-state index contributed by atoms with van der Waals surface area (Å²) in [6.45, 7) is 6.77. The van der Waals surface area contributed by atoms with Crippen LogP contribution in [0.5, 0.6) is 0 Å². The van der Waals surface area contributed by atoms with E-state index < -0.39 is 0 Å². The van der Waals surface area contributed by atoms with E-state index in [1.54, 1.807) is 11.3 Å². The van der Waals surface area contributed by atoms with Crippen molar-refractivity contribution in [2.24, 2.45) is 0 Å². The zero-order valence-corrected chi connectivity index (χ0v) is 13.0. The van der Waals surface area contributed by atoms with Crippen molar-refractivity contribution >= 4 is 33.8 Å². The molecule has 0 spiro atoms. The highest BCUT2D eigenvalue weighted by atomic mass is 32.1. The molecule has 0 amide bonds. The molecule has 0 atom stereocenters. The fourth-order valence-corrected chi connectivity index (χ4v) is 3.53. The van der Waals surface area contributed by atoms with Gasteiger partial charge in [0.2, 0.25) is 0 Å². The molecular weight excluding hydrogens is 280 g/mol. The van der Waals surface area contributed by atoms with Crippen molar-refractivity contribution < 1.29 is 9.53 Å². The molecule has 2 heterocycles. The minimum absolute atomic E-state index is 0.328. The van der Waals surface area contributed by atoms with Crippen molar-refractivity contribution in [3.63, 3.8) is 0 Å². The number of nitrogens with one attached hydrogen (secondary N) is 1. The van der Waals surface area contributed by atoms with Gasteiger partial charge in [-0.05, 0) is 32.4 Å². The molecule has 19 heavy (non-hydrogen) atoms. The summed E-state index contributed by atoms with van der Waals surface area (Å²) in [7, 11) is 1.38. The molecule has 0 saturated carbocycles. The molecule has 0 bridgehead atoms. The van der Waals surface area contributed by atoms with E-state index in [1.807, 2.05) is 6.92 Å². The Morgan fingerprint density at radius 1 is 1.37 bits per heavy atom. The van der Waals surface area contributed by atoms with E-state index in [2.05, 4.69) is 30.2 Å². The van der Waals surface area contributed by atoms with Gasteiger partial charge in [-0.25, -0.2) is 9.78 Å². The zero-order valence-electron chi connectivity index (χ0n) is 11.4. The smallest absolute Gasteiger partial charge is 0.350 e. The summed E-state index contributed by atoms with van der Waals surface area (Å²) >= 11 is 3.11. The molecule has 0 aliphatic rings. The number of rotatable bonds is 4. The highest BCUT2D eigenvalue weighted by Crippen LogP contribution is 2.25. The number of aromatic nitrogens is 1. The predicted octanol–water partition coefficient (Wildman–Crippen LogP) is 3.53. The fourth-order valence-electron chi connectivity index (χ4n) is 1.65. The van der Waals surface area contributed by atoms with Crippen LogP contribution in [0.2, 0.25) is 0 Å². The van der Waals surface area contributed by atoms with Crippen LogP contribution in [0.25, 0.3) is 0 Å². The molecule has 0 aromatic carbocycles. The lowest BCUT2D eigenvalue weighted by atomic mass is 10.3. The third kappa shape index (κ3) is 3.13. The monoisotopic (exact) mass is 296 g/mol. The molecule has 0 saturated heterocycles. The van der Waals surface area contributed by atoms with E-state index in [-0.39, 0.29) is 5.97 Å². The Labute approximate surface area is 120 Å². The van der Waals surface area contributed by atoms with Crippen LogP contribution >= 0.6 is 22.7 Å². The van der Waals surface area contributed by atoms with Crippen LogP contribution in [0, 0.1) is 20.8 Å². The average molecular weight is 296 g/mol. The van der Waals surface area contributed by atoms with Gasteiger partial charge in [-0.1, -0.05) is 11.3 Å². The number of aryl methyl sites for hydroxylation is 3. The highest BCUT2D eigenvalue weighted by molar-refractivity contribution is 7.17. The summed E-state index contributed by atoms with van der Waals surface area (Å²) in [5.74, 6) is -0.328. The third-order valence-electron chi connectivity index (χ3n) is 2.80. The zero-order chi connectivity index (χ0) is 14.0. The number of hydrogen-bond acceptors (Lipinski definition) is 6. The molecule has 2 aromatic rings. The van der Waals surface area contributed by atoms with Crippen LogP contribution in [-0.2, 0) is 11.3 Å². The Balaban J connectivity index is 2.06. The largest absolute Gasteiger partial charge is 0.465 e. The number of thiazole rings is 1. The molecule has 4 nitrogen and oxygen atoms in total. The Morgan fingerprint density at radius 3 is 2.68 bits per heavy atom. The Bertz CT molecular complexity index is 582. The van der Waals surface area contributed by atoms with Gasteiger partial charge in [0.25, 0.3) is 0 Å². The highest BCUT2D eigenvalue weighted by Gasteiger charge is 2.15. The third-order valence-corrected chi connectivity index (χ3v) is 5.05. The van der Waals surface area contributed by atoms with Crippen molar-refractivity contribution in [3.8, 4) is 0 Å². The molecule has 1 N–H and O–H groups in total. The lowest BCUT2D eigenvalue weighted by Crippen LogP contribution is -1.99. The fraction of sp³-hybridized carbons (Fsp3) is 0.385. The van der Waals surface area contributed by atoms with E-state index in [4.69, 9.17) is 4.74 Å². The van der Waals surface area contributed by atoms with Gasteiger partial charge < -0.3 is 10.1 Å². The Morgan fingerprint density at radius 2 is 2.11 bits per heavy atom. The molecule has 0 aliphatic carbocycles. The summed E-state index contributed by atoms with van der Waals surface area (Å²) in [4.78, 5) is 19.0. The normalized spacial score (nSPS) is 10.5. The Hall–Kier alpha value is -1.40. The van der Waals surface area contributed by atoms with Crippen molar-refractivity contribution in [3.05, 3.63) is 32.0 Å². The van der Waals surface area contributed by atoms with Gasteiger partial charge in [0.15, 0.2) is 5.13 Å². The van der Waals surface area contributed by atoms with Crippen molar-refractivity contribution in [2.45, 2.75) is 27.3 Å². The lowest BCUT2D eigenvalue weighted by molar-refractivity contribution is 0.0605. The van der Waals surface area contributed by atoms with E-state index in [0.29, 0.717) is 10.6 Å². The molecule has 2 rings (SSSR count). The number of esters is 1. The van der Waals surface area contributed by atoms with Gasteiger partial charge in [0.05, 0.1) is 19.3 Å². The first-order chi connectivity index (χ1) is 9.01. The second kappa shape index (κ2) is 5.71. The SMILES string of the molecule is COC(=O)c1sc(NCc2cc(C)c(C)s2)nc1C. The molecule has 0 unspecified atom stereocenters. The number of ether oxygens (including phenoxy) is 1. The number of thiophene rings is 1. The summed E-state index contributed by atoms with van der Waals surface area (Å²) in [5, 5.41) is 4.00. The second-order valence-electron chi connectivity index (χ2n) is 4.23. The van der Waals surface area contributed by atoms with Gasteiger partial charge in [0, 0.05) is 9.75 Å². The first-order valence-corrected chi connectivity index (χ1v) is 7.50. The van der Waals surface area contributed by atoms with Crippen LogP contribution in [0.3, 0.4) is 0 Å². The maximum absolute atomic E-state index is 11.5. The van der Waals surface area contributed by atoms with Gasteiger partial charge in [-0.2, -0.15) is 0 Å². The van der Waals surface area contributed by atoms with Crippen molar-refractivity contribution in [1.82, 2.24) is 4.98 Å². The molecule has 0 fully saturated rings. The minimum atomic E-state index is -0.328. The summed E-state index contributed by atoms with van der Waals surface area (Å²) in [6.07, 6.45) is 0. The van der Waals surface area contributed by atoms with Crippen LogP contribution in [0.4, 0.5) is 5.13 Å². The molecule has 6 heteroatoms. The first-order valence-electron chi connectivity index (χ1n) is 5.86. The summed E-state index contributed by atoms with van der Waals surface area (Å²) in [6, 6.07) is 2.18. The number of carbonyl (C=O) groups is 1. The standard InChI is InChI=1S/C13H16N2O2S2/c1-7-5-10(18-9(7)3)6-14-13-15-8(2)11(19-13)12(16)17-4/h5H,6H2,1-4H3,(H,14,15). The van der Waals surface area contributed by atoms with Crippen LogP contribution < -0.4 is 5.32 Å². The van der Waals surface area contributed by atoms with Gasteiger partial charge in [-0.15, -0.1) is 11.3 Å². The number of carbonyl (C=O) groups excluding carboxylic acids is 1. The molecule has 102 valence electrons. The first kappa shape index (κ1) is 14.0. The van der Waals surface area contributed by atoms with E-state index in [9.17, 15) is 4.79 Å². The molecule has 2 aromatic heterocycles. The maximum atomic E-state index is 11.5. The van der Waals surface area contributed by atoms with Crippen molar-refractivity contribution in [1.29, 1.82) is 0 Å². The van der Waals surface area contributed by atoms with Gasteiger partial charge in [0.1, 0.15) is 4.88 Å². The van der Waals surface area contributed by atoms with Crippen LogP contribution in [0.1, 0.15) is 30.7 Å². The summed E-state index contributed by atoms with van der Waals surface area (Å²) < 4.78 is 4.72.